The van der Waals surface area contributed by atoms with E-state index in [4.69, 9.17) is 0 Å². The number of Topliss-reactive ketones (excluding diaryl/α,β-unsaturated/α-hetero) is 2. The van der Waals surface area contributed by atoms with E-state index in [0.29, 0.717) is 79.3 Å². The van der Waals surface area contributed by atoms with Crippen LogP contribution >= 0.6 is 0 Å². The van der Waals surface area contributed by atoms with Gasteiger partial charge >= 0.3 is 5.97 Å². The van der Waals surface area contributed by atoms with Crippen molar-refractivity contribution in [1.29, 1.82) is 0 Å². The molecule has 7 aliphatic rings. The van der Waals surface area contributed by atoms with Crippen molar-refractivity contribution in [3.63, 3.8) is 0 Å². The lowest BCUT2D eigenvalue weighted by molar-refractivity contribution is -0.163. The number of nitrogens with one attached hydrogen (secondary N) is 1. The van der Waals surface area contributed by atoms with Gasteiger partial charge in [-0.15, -0.1) is 0 Å². The normalized spacial score (nSPS) is 38.9. The van der Waals surface area contributed by atoms with Crippen LogP contribution in [0.3, 0.4) is 0 Å². The molecule has 0 aromatic heterocycles. The molecule has 6 fully saturated rings. The van der Waals surface area contributed by atoms with Gasteiger partial charge in [0.05, 0.1) is 5.92 Å². The summed E-state index contributed by atoms with van der Waals surface area (Å²) in [4.78, 5) is 55.5. The molecule has 1 aliphatic heterocycles. The maximum absolute atomic E-state index is 14.0. The maximum Gasteiger partial charge on any atom is 0.306 e. The molecule has 1 heterocycles. The lowest BCUT2D eigenvalue weighted by Gasteiger charge is -2.65. The number of hydrogen-bond acceptors (Lipinski definition) is 5. The zero-order valence-electron chi connectivity index (χ0n) is 35.3. The molecular formula is C49H70N2O5. The Hall–Kier alpha value is -2.96. The largest absolute Gasteiger partial charge is 0.481 e. The van der Waals surface area contributed by atoms with Crippen LogP contribution in [0.5, 0.6) is 0 Å². The van der Waals surface area contributed by atoms with Crippen molar-refractivity contribution >= 4 is 29.1 Å². The average Bonchev–Trinajstić information content (AvgIpc) is 3.46. The Bertz CT molecular complexity index is 1740. The van der Waals surface area contributed by atoms with Crippen LogP contribution in [0.15, 0.2) is 35.4 Å². The first-order valence-corrected chi connectivity index (χ1v) is 22.8. The third-order valence-corrected chi connectivity index (χ3v) is 18.0. The monoisotopic (exact) mass is 767 g/mol. The molecule has 11 unspecified atom stereocenters. The first-order valence-electron chi connectivity index (χ1n) is 22.8. The number of hydrogen-bond donors (Lipinski definition) is 2. The molecule has 0 bridgehead atoms. The third-order valence-electron chi connectivity index (χ3n) is 18.0. The Balaban J connectivity index is 0.947. The summed E-state index contributed by atoms with van der Waals surface area (Å²) in [7, 11) is 0. The molecule has 8 rings (SSSR count). The Morgan fingerprint density at radius 1 is 0.893 bits per heavy atom. The summed E-state index contributed by atoms with van der Waals surface area (Å²) in [6.45, 7) is 16.6. The molecule has 1 aromatic carbocycles. The van der Waals surface area contributed by atoms with Gasteiger partial charge in [-0.1, -0.05) is 59.2 Å². The summed E-state index contributed by atoms with van der Waals surface area (Å²) in [5.74, 6) is 2.73. The summed E-state index contributed by atoms with van der Waals surface area (Å²) in [6, 6.07) is 8.71. The number of amides is 1. The molecule has 56 heavy (non-hydrogen) atoms. The highest BCUT2D eigenvalue weighted by Gasteiger charge is 2.63. The summed E-state index contributed by atoms with van der Waals surface area (Å²) >= 11 is 0. The zero-order chi connectivity index (χ0) is 39.7. The number of piperidine rings is 1. The Kier molecular flexibility index (Phi) is 10.7. The van der Waals surface area contributed by atoms with E-state index in [1.165, 1.54) is 56.2 Å². The molecule has 11 atom stereocenters. The smallest absolute Gasteiger partial charge is 0.306 e. The SMILES string of the molecule is CC(C)C1=C2C3CCC4C(CCC5C(C)(C)C(CC(=O)C6CC(C(=O)O)C6C)CCC45C)C3CCC2(CC(=O)NCc2ccc(N3CCCCC3)cc2)CC1=O. The number of carboxylic acids is 1. The molecule has 2 N–H and O–H groups in total. The summed E-state index contributed by atoms with van der Waals surface area (Å²) in [6.07, 6.45) is 14.8. The molecule has 1 saturated heterocycles. The van der Waals surface area contributed by atoms with Gasteiger partial charge in [0, 0.05) is 55.9 Å². The Labute approximate surface area is 336 Å². The van der Waals surface area contributed by atoms with Gasteiger partial charge < -0.3 is 15.3 Å². The minimum absolute atomic E-state index is 0.0549. The average molecular weight is 767 g/mol. The van der Waals surface area contributed by atoms with E-state index in [2.05, 4.69) is 69.1 Å². The van der Waals surface area contributed by atoms with E-state index in [1.807, 2.05) is 6.92 Å². The number of nitrogens with zero attached hydrogens (tertiary/aromatic N) is 1. The standard InChI is InChI=1S/C49H70N2O5/c1-29(2)44-41(53)26-49(27-43(54)50-28-31-10-12-33(13-11-31)51-22-8-7-9-23-51)21-19-34-35-15-17-42-47(4,5)32(24-40(52)37-25-38(30(37)3)46(55)56)18-20-48(42,6)39(35)16-14-36(34)45(44)49/h10-13,29-30,32,34-39,42H,7-9,14-28H2,1-6H3,(H,50,54)(H,55,56). The van der Waals surface area contributed by atoms with Crippen molar-refractivity contribution in [3.8, 4) is 0 Å². The molecule has 0 radical (unpaired) electrons. The highest BCUT2D eigenvalue weighted by atomic mass is 16.4. The molecule has 1 amide bonds. The molecule has 7 heteroatoms. The van der Waals surface area contributed by atoms with Crippen LogP contribution in [0.25, 0.3) is 0 Å². The summed E-state index contributed by atoms with van der Waals surface area (Å²) in [5, 5.41) is 12.8. The van der Waals surface area contributed by atoms with Gasteiger partial charge in [0.1, 0.15) is 5.78 Å². The summed E-state index contributed by atoms with van der Waals surface area (Å²) < 4.78 is 0. The van der Waals surface area contributed by atoms with E-state index in [-0.39, 0.29) is 45.8 Å². The zero-order valence-corrected chi connectivity index (χ0v) is 35.3. The molecule has 1 aromatic rings. The Morgan fingerprint density at radius 2 is 1.62 bits per heavy atom. The lowest BCUT2D eigenvalue weighted by Crippen LogP contribution is -2.58. The first-order chi connectivity index (χ1) is 26.6. The molecule has 306 valence electrons. The number of carbonyl (C=O) groups excluding carboxylic acids is 3. The molecular weight excluding hydrogens is 697 g/mol. The van der Waals surface area contributed by atoms with Gasteiger partial charge in [-0.2, -0.15) is 0 Å². The molecule has 0 spiro atoms. The second-order valence-electron chi connectivity index (χ2n) is 21.2. The lowest BCUT2D eigenvalue weighted by atomic mass is 9.39. The summed E-state index contributed by atoms with van der Waals surface area (Å²) in [5.41, 5.74) is 4.78. The fraction of sp³-hybridized carbons (Fsp3) is 0.755. The van der Waals surface area contributed by atoms with Crippen LogP contribution in [0.2, 0.25) is 0 Å². The number of aliphatic carboxylic acids is 1. The van der Waals surface area contributed by atoms with Crippen molar-refractivity contribution in [2.24, 2.45) is 75.4 Å². The van der Waals surface area contributed by atoms with Crippen molar-refractivity contribution in [1.82, 2.24) is 5.32 Å². The topological polar surface area (TPSA) is 104 Å². The van der Waals surface area contributed by atoms with Gasteiger partial charge in [0.15, 0.2) is 5.78 Å². The fourth-order valence-corrected chi connectivity index (χ4v) is 15.0. The van der Waals surface area contributed by atoms with Crippen molar-refractivity contribution in [2.75, 3.05) is 18.0 Å². The van der Waals surface area contributed by atoms with Crippen LogP contribution in [-0.2, 0) is 25.7 Å². The second-order valence-corrected chi connectivity index (χ2v) is 21.2. The quantitative estimate of drug-likeness (QED) is 0.246. The van der Waals surface area contributed by atoms with Crippen LogP contribution in [0, 0.1) is 75.4 Å². The number of carbonyl (C=O) groups is 4. The van der Waals surface area contributed by atoms with Gasteiger partial charge in [0.2, 0.25) is 5.91 Å². The maximum atomic E-state index is 14.0. The number of fused-ring (bicyclic) bond motifs is 7. The van der Waals surface area contributed by atoms with E-state index in [1.54, 1.807) is 0 Å². The van der Waals surface area contributed by atoms with E-state index in [0.717, 1.165) is 49.9 Å². The number of benzene rings is 1. The highest BCUT2D eigenvalue weighted by Crippen LogP contribution is 2.70. The third kappa shape index (κ3) is 6.71. The number of carboxylic acid groups (broad SMARTS) is 1. The van der Waals surface area contributed by atoms with E-state index >= 15 is 0 Å². The predicted molar refractivity (Wildman–Crippen MR) is 221 cm³/mol. The fourth-order valence-electron chi connectivity index (χ4n) is 15.0. The number of anilines is 1. The Morgan fingerprint density at radius 3 is 2.30 bits per heavy atom. The van der Waals surface area contributed by atoms with E-state index < -0.39 is 5.97 Å². The van der Waals surface area contributed by atoms with Crippen LogP contribution < -0.4 is 10.2 Å². The minimum Gasteiger partial charge on any atom is -0.481 e. The van der Waals surface area contributed by atoms with Crippen molar-refractivity contribution < 1.29 is 24.3 Å². The van der Waals surface area contributed by atoms with Gasteiger partial charge in [-0.3, -0.25) is 19.2 Å². The van der Waals surface area contributed by atoms with E-state index in [9.17, 15) is 24.3 Å². The van der Waals surface area contributed by atoms with Gasteiger partial charge in [-0.05, 0) is 158 Å². The molecule has 5 saturated carbocycles. The number of ketones is 2. The van der Waals surface area contributed by atoms with Gasteiger partial charge in [-0.25, -0.2) is 0 Å². The van der Waals surface area contributed by atoms with Crippen LogP contribution in [-0.4, -0.2) is 41.6 Å². The molecule has 7 nitrogen and oxygen atoms in total. The number of rotatable bonds is 10. The van der Waals surface area contributed by atoms with Gasteiger partial charge in [0.25, 0.3) is 0 Å². The first kappa shape index (κ1) is 39.8. The van der Waals surface area contributed by atoms with Crippen molar-refractivity contribution in [2.45, 2.75) is 144 Å². The van der Waals surface area contributed by atoms with Crippen LogP contribution in [0.4, 0.5) is 5.69 Å². The van der Waals surface area contributed by atoms with Crippen molar-refractivity contribution in [3.05, 3.63) is 41.0 Å². The highest BCUT2D eigenvalue weighted by molar-refractivity contribution is 6.01. The molecule has 6 aliphatic carbocycles. The second kappa shape index (κ2) is 15.0. The predicted octanol–water partition coefficient (Wildman–Crippen LogP) is 9.82. The minimum atomic E-state index is -0.757. The van der Waals surface area contributed by atoms with Crippen LogP contribution in [0.1, 0.15) is 143 Å². The number of allylic oxidation sites excluding steroid dienone is 2.